The summed E-state index contributed by atoms with van der Waals surface area (Å²) in [4.78, 5) is 0. The fraction of sp³-hybridized carbons (Fsp3) is 0.114. The Labute approximate surface area is 410 Å². The highest BCUT2D eigenvalue weighted by molar-refractivity contribution is 6.19. The summed E-state index contributed by atoms with van der Waals surface area (Å²) in [7, 11) is 0. The Balaban J connectivity index is 0.000000112. The molecule has 0 heteroatoms. The van der Waals surface area contributed by atoms with Crippen LogP contribution in [0.5, 0.6) is 0 Å². The molecule has 0 heterocycles. The van der Waals surface area contributed by atoms with Crippen molar-refractivity contribution in [2.75, 3.05) is 0 Å². The SMILES string of the molecule is Cc1c2ccccc2c(C)c2cc3cc4c(C)c5ccccc5c(C)c4cc3cc12.Cc1cc2c3ccccc3c(C)cc2c2ccccc12.Cc1cc2cc3cc4ccccc4cc3cc2cc1C. The summed E-state index contributed by atoms with van der Waals surface area (Å²) in [6.07, 6.45) is 0. The van der Waals surface area contributed by atoms with Gasteiger partial charge in [0.25, 0.3) is 0 Å². The van der Waals surface area contributed by atoms with Crippen molar-refractivity contribution in [1.82, 2.24) is 0 Å². The normalized spacial score (nSPS) is 11.7. The van der Waals surface area contributed by atoms with Gasteiger partial charge < -0.3 is 0 Å². The molecular weight excluding hydrogens is 841 g/mol. The molecule has 14 aromatic rings. The second kappa shape index (κ2) is 16.9. The van der Waals surface area contributed by atoms with Crippen LogP contribution >= 0.6 is 0 Å². The van der Waals surface area contributed by atoms with Crippen molar-refractivity contribution >= 4 is 118 Å². The van der Waals surface area contributed by atoms with Crippen molar-refractivity contribution in [2.45, 2.75) is 55.4 Å². The van der Waals surface area contributed by atoms with E-state index in [0.717, 1.165) is 0 Å². The van der Waals surface area contributed by atoms with Crippen molar-refractivity contribution in [3.63, 3.8) is 0 Å². The summed E-state index contributed by atoms with van der Waals surface area (Å²) < 4.78 is 0. The lowest BCUT2D eigenvalue weighted by molar-refractivity contribution is 1.37. The first-order valence-corrected chi connectivity index (χ1v) is 24.8. The predicted octanol–water partition coefficient (Wildman–Crippen LogP) is 20.2. The van der Waals surface area contributed by atoms with E-state index in [1.165, 1.54) is 163 Å². The molecule has 0 spiro atoms. The molecule has 0 fully saturated rings. The fourth-order valence-corrected chi connectivity index (χ4v) is 11.7. The van der Waals surface area contributed by atoms with Crippen LogP contribution in [0.25, 0.3) is 118 Å². The summed E-state index contributed by atoms with van der Waals surface area (Å²) in [5.74, 6) is 0. The lowest BCUT2D eigenvalue weighted by atomic mass is 9.88. The first kappa shape index (κ1) is 43.2. The second-order valence-corrected chi connectivity index (χ2v) is 20.0. The van der Waals surface area contributed by atoms with Crippen LogP contribution in [0.4, 0.5) is 0 Å². The number of fused-ring (bicyclic) bond motifs is 13. The van der Waals surface area contributed by atoms with Gasteiger partial charge in [-0.05, 0) is 267 Å². The molecule has 0 saturated carbocycles. The molecule has 70 heavy (non-hydrogen) atoms. The van der Waals surface area contributed by atoms with E-state index in [-0.39, 0.29) is 0 Å². The van der Waals surface area contributed by atoms with Crippen molar-refractivity contribution in [2.24, 2.45) is 0 Å². The van der Waals surface area contributed by atoms with E-state index >= 15 is 0 Å². The summed E-state index contributed by atoms with van der Waals surface area (Å²) in [6, 6.07) is 71.6. The molecular formula is C70H56. The highest BCUT2D eigenvalue weighted by Gasteiger charge is 2.14. The minimum atomic E-state index is 1.31. The van der Waals surface area contributed by atoms with Crippen molar-refractivity contribution in [3.05, 3.63) is 239 Å². The smallest absolute Gasteiger partial charge is 0.00961 e. The molecule has 0 bridgehead atoms. The molecule has 14 rings (SSSR count). The van der Waals surface area contributed by atoms with Crippen LogP contribution < -0.4 is 0 Å². The third-order valence-electron chi connectivity index (χ3n) is 15.8. The second-order valence-electron chi connectivity index (χ2n) is 20.0. The van der Waals surface area contributed by atoms with Crippen LogP contribution in [0.1, 0.15) is 44.5 Å². The molecule has 336 valence electrons. The number of benzene rings is 14. The zero-order valence-corrected chi connectivity index (χ0v) is 41.5. The van der Waals surface area contributed by atoms with Gasteiger partial charge in [-0.25, -0.2) is 0 Å². The summed E-state index contributed by atoms with van der Waals surface area (Å²) in [5, 5.41) is 29.6. The molecule has 0 aromatic heterocycles. The zero-order chi connectivity index (χ0) is 47.9. The number of rotatable bonds is 0. The lowest BCUT2D eigenvalue weighted by Gasteiger charge is -2.16. The molecule has 0 unspecified atom stereocenters. The van der Waals surface area contributed by atoms with Gasteiger partial charge in [-0.1, -0.05) is 146 Å². The van der Waals surface area contributed by atoms with E-state index in [2.05, 4.69) is 250 Å². The minimum Gasteiger partial charge on any atom is -0.0616 e. The zero-order valence-electron chi connectivity index (χ0n) is 41.5. The van der Waals surface area contributed by atoms with Gasteiger partial charge in [0.1, 0.15) is 0 Å². The monoisotopic (exact) mass is 896 g/mol. The number of hydrogen-bond acceptors (Lipinski definition) is 0. The third-order valence-corrected chi connectivity index (χ3v) is 15.8. The Morgan fingerprint density at radius 2 is 0.400 bits per heavy atom. The van der Waals surface area contributed by atoms with Crippen LogP contribution in [0.2, 0.25) is 0 Å². The standard InChI is InChI=1S/C30H24.2C20H16/c1-17-23-9-5-6-10-24(23)18(2)28-14-22-16-30-20(4)26-12-8-7-11-25(26)19(3)29(30)15-21(22)13-27(17)28;1-13-11-19-18-10-6-4-8-16(18)14(2)12-20(19)17-9-5-3-7-15(13)17;1-13-7-17-11-19-9-15-5-3-4-6-16(15)10-20(19)12-18(17)8-14(13)2/h5-16H,1-4H3;2*3-12H,1-2H3. The summed E-state index contributed by atoms with van der Waals surface area (Å²) in [6.45, 7) is 17.8. The van der Waals surface area contributed by atoms with Gasteiger partial charge in [-0.3, -0.25) is 0 Å². The highest BCUT2D eigenvalue weighted by Crippen LogP contribution is 2.40. The van der Waals surface area contributed by atoms with Crippen LogP contribution in [-0.4, -0.2) is 0 Å². The van der Waals surface area contributed by atoms with E-state index in [9.17, 15) is 0 Å². The predicted molar refractivity (Wildman–Crippen MR) is 310 cm³/mol. The van der Waals surface area contributed by atoms with Crippen LogP contribution in [-0.2, 0) is 0 Å². The topological polar surface area (TPSA) is 0 Å². The maximum atomic E-state index is 2.41. The molecule has 0 saturated heterocycles. The fourth-order valence-electron chi connectivity index (χ4n) is 11.7. The van der Waals surface area contributed by atoms with Gasteiger partial charge in [0, 0.05) is 0 Å². The first-order chi connectivity index (χ1) is 34.0. The highest BCUT2D eigenvalue weighted by atomic mass is 14.2. The van der Waals surface area contributed by atoms with Gasteiger partial charge in [0.2, 0.25) is 0 Å². The van der Waals surface area contributed by atoms with Crippen molar-refractivity contribution < 1.29 is 0 Å². The molecule has 0 N–H and O–H groups in total. The largest absolute Gasteiger partial charge is 0.0616 e. The van der Waals surface area contributed by atoms with E-state index in [1.54, 1.807) is 0 Å². The van der Waals surface area contributed by atoms with Crippen molar-refractivity contribution in [3.8, 4) is 0 Å². The Morgan fingerprint density at radius 3 is 0.729 bits per heavy atom. The van der Waals surface area contributed by atoms with Crippen LogP contribution in [0.3, 0.4) is 0 Å². The van der Waals surface area contributed by atoms with Gasteiger partial charge >= 0.3 is 0 Å². The maximum absolute atomic E-state index is 2.41. The van der Waals surface area contributed by atoms with E-state index in [1.807, 2.05) is 0 Å². The van der Waals surface area contributed by atoms with Gasteiger partial charge in [-0.2, -0.15) is 0 Å². The molecule has 0 aliphatic rings. The molecule has 0 atom stereocenters. The quantitative estimate of drug-likeness (QED) is 0.105. The van der Waals surface area contributed by atoms with Gasteiger partial charge in [0.15, 0.2) is 0 Å². The van der Waals surface area contributed by atoms with Crippen LogP contribution in [0, 0.1) is 55.4 Å². The molecule has 0 aliphatic heterocycles. The molecule has 14 aromatic carbocycles. The van der Waals surface area contributed by atoms with Gasteiger partial charge in [-0.15, -0.1) is 0 Å². The lowest BCUT2D eigenvalue weighted by Crippen LogP contribution is -1.91. The average molecular weight is 897 g/mol. The Kier molecular flexibility index (Phi) is 10.4. The molecule has 0 aliphatic carbocycles. The third kappa shape index (κ3) is 7.13. The van der Waals surface area contributed by atoms with E-state index in [4.69, 9.17) is 0 Å². The maximum Gasteiger partial charge on any atom is -0.00961 e. The van der Waals surface area contributed by atoms with Gasteiger partial charge in [0.05, 0.1) is 0 Å². The molecule has 0 nitrogen and oxygen atoms in total. The minimum absolute atomic E-state index is 1.31. The molecule has 0 radical (unpaired) electrons. The van der Waals surface area contributed by atoms with Crippen molar-refractivity contribution in [1.29, 1.82) is 0 Å². The molecule has 0 amide bonds. The van der Waals surface area contributed by atoms with Crippen LogP contribution in [0.15, 0.2) is 194 Å². The Hall–Kier alpha value is -8.06. The average Bonchev–Trinajstić information content (AvgIpc) is 3.39. The van der Waals surface area contributed by atoms with E-state index < -0.39 is 0 Å². The van der Waals surface area contributed by atoms with E-state index in [0.29, 0.717) is 0 Å². The Morgan fingerprint density at radius 1 is 0.157 bits per heavy atom. The first-order valence-electron chi connectivity index (χ1n) is 24.8. The number of hydrogen-bond donors (Lipinski definition) is 0. The summed E-state index contributed by atoms with van der Waals surface area (Å²) in [5.41, 5.74) is 10.9. The number of aryl methyl sites for hydroxylation is 8. The Bertz CT molecular complexity index is 4080. The summed E-state index contributed by atoms with van der Waals surface area (Å²) >= 11 is 0.